The van der Waals surface area contributed by atoms with Crippen molar-refractivity contribution in [3.8, 4) is 0 Å². The summed E-state index contributed by atoms with van der Waals surface area (Å²) in [5, 5.41) is 0. The lowest BCUT2D eigenvalue weighted by molar-refractivity contribution is -0.141. The molecule has 0 spiro atoms. The molecule has 7 heteroatoms. The van der Waals surface area contributed by atoms with Crippen molar-refractivity contribution in [3.63, 3.8) is 0 Å². The van der Waals surface area contributed by atoms with Gasteiger partial charge in [-0.25, -0.2) is 10.9 Å². The third-order valence-electron chi connectivity index (χ3n) is 4.69. The standard InChI is InChI=1S/C18H20BrN3O2S/c19-17-7-6-16(25-17)13-10-14(21-20-13)18(23)22-8-9-24-15(11-22)12-4-2-1-3-5-12/h1-7,13-15,20-21H,8-11H2. The Balaban J connectivity index is 1.39. The first-order chi connectivity index (χ1) is 12.2. The van der Waals surface area contributed by atoms with E-state index in [4.69, 9.17) is 4.74 Å². The summed E-state index contributed by atoms with van der Waals surface area (Å²) in [4.78, 5) is 16.1. The molecule has 0 aliphatic carbocycles. The molecule has 0 radical (unpaired) electrons. The van der Waals surface area contributed by atoms with Crippen molar-refractivity contribution in [1.29, 1.82) is 0 Å². The fourth-order valence-electron chi connectivity index (χ4n) is 3.36. The predicted octanol–water partition coefficient (Wildman–Crippen LogP) is 3.02. The smallest absolute Gasteiger partial charge is 0.241 e. The summed E-state index contributed by atoms with van der Waals surface area (Å²) >= 11 is 5.20. The Kier molecular flexibility index (Phi) is 5.19. The van der Waals surface area contributed by atoms with Crippen molar-refractivity contribution in [2.24, 2.45) is 0 Å². The molecular weight excluding hydrogens is 402 g/mol. The van der Waals surface area contributed by atoms with Crippen molar-refractivity contribution < 1.29 is 9.53 Å². The van der Waals surface area contributed by atoms with Gasteiger partial charge in [-0.2, -0.15) is 0 Å². The highest BCUT2D eigenvalue weighted by molar-refractivity contribution is 9.11. The van der Waals surface area contributed by atoms with E-state index in [-0.39, 0.29) is 24.1 Å². The maximum Gasteiger partial charge on any atom is 0.241 e. The minimum absolute atomic E-state index is 0.0442. The van der Waals surface area contributed by atoms with Crippen LogP contribution >= 0.6 is 27.3 Å². The molecule has 5 nitrogen and oxygen atoms in total. The molecule has 4 rings (SSSR count). The molecular formula is C18H20BrN3O2S. The van der Waals surface area contributed by atoms with Gasteiger partial charge in [0.15, 0.2) is 0 Å². The SMILES string of the molecule is O=C(C1CC(c2ccc(Br)s2)NN1)N1CCOC(c2ccccc2)C1. The number of hydrogen-bond acceptors (Lipinski definition) is 5. The second kappa shape index (κ2) is 7.55. The van der Waals surface area contributed by atoms with E-state index >= 15 is 0 Å². The first-order valence-electron chi connectivity index (χ1n) is 8.42. The zero-order valence-corrected chi connectivity index (χ0v) is 16.1. The molecule has 3 atom stereocenters. The number of carbonyl (C=O) groups excluding carboxylic acids is 1. The van der Waals surface area contributed by atoms with Crippen molar-refractivity contribution in [1.82, 2.24) is 15.8 Å². The second-order valence-electron chi connectivity index (χ2n) is 6.33. The molecule has 0 saturated carbocycles. The van der Waals surface area contributed by atoms with Crippen LogP contribution in [0.1, 0.15) is 29.0 Å². The first kappa shape index (κ1) is 17.2. The van der Waals surface area contributed by atoms with Gasteiger partial charge in [-0.1, -0.05) is 30.3 Å². The van der Waals surface area contributed by atoms with Crippen LogP contribution in [-0.4, -0.2) is 36.5 Å². The Morgan fingerprint density at radius 3 is 2.80 bits per heavy atom. The van der Waals surface area contributed by atoms with Crippen LogP contribution in [0.4, 0.5) is 0 Å². The summed E-state index contributed by atoms with van der Waals surface area (Å²) in [7, 11) is 0. The van der Waals surface area contributed by atoms with E-state index in [1.165, 1.54) is 4.88 Å². The van der Waals surface area contributed by atoms with Crippen molar-refractivity contribution in [2.45, 2.75) is 24.6 Å². The van der Waals surface area contributed by atoms with Crippen molar-refractivity contribution >= 4 is 33.2 Å². The van der Waals surface area contributed by atoms with Crippen molar-refractivity contribution in [3.05, 3.63) is 56.7 Å². The van der Waals surface area contributed by atoms with Crippen LogP contribution in [0.2, 0.25) is 0 Å². The van der Waals surface area contributed by atoms with E-state index in [9.17, 15) is 4.79 Å². The number of morpholine rings is 1. The van der Waals surface area contributed by atoms with Gasteiger partial charge < -0.3 is 9.64 Å². The molecule has 1 amide bonds. The van der Waals surface area contributed by atoms with Gasteiger partial charge in [-0.3, -0.25) is 4.79 Å². The topological polar surface area (TPSA) is 53.6 Å². The lowest BCUT2D eigenvalue weighted by Gasteiger charge is -2.34. The second-order valence-corrected chi connectivity index (χ2v) is 8.82. The van der Waals surface area contributed by atoms with Gasteiger partial charge in [0, 0.05) is 11.4 Å². The minimum Gasteiger partial charge on any atom is -0.370 e. The van der Waals surface area contributed by atoms with E-state index < -0.39 is 0 Å². The van der Waals surface area contributed by atoms with E-state index in [0.717, 1.165) is 15.8 Å². The third kappa shape index (κ3) is 3.80. The number of benzene rings is 1. The van der Waals surface area contributed by atoms with E-state index in [1.54, 1.807) is 11.3 Å². The van der Waals surface area contributed by atoms with Crippen molar-refractivity contribution in [2.75, 3.05) is 19.7 Å². The normalized spacial score (nSPS) is 26.8. The zero-order chi connectivity index (χ0) is 17.2. The van der Waals surface area contributed by atoms with E-state index in [0.29, 0.717) is 19.7 Å². The summed E-state index contributed by atoms with van der Waals surface area (Å²) in [6.07, 6.45) is 0.719. The number of amides is 1. The van der Waals surface area contributed by atoms with Crippen LogP contribution in [0.3, 0.4) is 0 Å². The third-order valence-corrected chi connectivity index (χ3v) is 6.43. The molecule has 2 aliphatic heterocycles. The van der Waals surface area contributed by atoms with Crippen LogP contribution in [0, 0.1) is 0 Å². The summed E-state index contributed by atoms with van der Waals surface area (Å²) in [6.45, 7) is 1.83. The lowest BCUT2D eigenvalue weighted by atomic mass is 10.1. The van der Waals surface area contributed by atoms with Gasteiger partial charge in [0.1, 0.15) is 12.1 Å². The summed E-state index contributed by atoms with van der Waals surface area (Å²) in [5.74, 6) is 0.148. The molecule has 3 heterocycles. The molecule has 0 bridgehead atoms. The van der Waals surface area contributed by atoms with E-state index in [2.05, 4.69) is 45.0 Å². The number of nitrogens with zero attached hydrogens (tertiary/aromatic N) is 1. The number of hydrazine groups is 1. The maximum absolute atomic E-state index is 12.9. The molecule has 25 heavy (non-hydrogen) atoms. The highest BCUT2D eigenvalue weighted by Gasteiger charge is 2.35. The zero-order valence-electron chi connectivity index (χ0n) is 13.7. The number of thiophene rings is 1. The van der Waals surface area contributed by atoms with Crippen LogP contribution in [0.15, 0.2) is 46.3 Å². The van der Waals surface area contributed by atoms with Crippen LogP contribution in [0.25, 0.3) is 0 Å². The Hall–Kier alpha value is -1.25. The monoisotopic (exact) mass is 421 g/mol. The average molecular weight is 422 g/mol. The van der Waals surface area contributed by atoms with Crippen LogP contribution in [-0.2, 0) is 9.53 Å². The van der Waals surface area contributed by atoms with Gasteiger partial charge in [-0.15, -0.1) is 11.3 Å². The molecule has 2 aromatic rings. The fraction of sp³-hybridized carbons (Fsp3) is 0.389. The quantitative estimate of drug-likeness (QED) is 0.799. The minimum atomic E-state index is -0.194. The molecule has 2 saturated heterocycles. The number of rotatable bonds is 3. The Morgan fingerprint density at radius 1 is 1.20 bits per heavy atom. The van der Waals surface area contributed by atoms with Gasteiger partial charge >= 0.3 is 0 Å². The molecule has 2 N–H and O–H groups in total. The molecule has 3 unspecified atom stereocenters. The van der Waals surface area contributed by atoms with Crippen LogP contribution in [0.5, 0.6) is 0 Å². The average Bonchev–Trinajstić information content (AvgIpc) is 3.31. The summed E-state index contributed by atoms with van der Waals surface area (Å²) in [6, 6.07) is 14.2. The van der Waals surface area contributed by atoms with Crippen LogP contribution < -0.4 is 10.9 Å². The highest BCUT2D eigenvalue weighted by atomic mass is 79.9. The van der Waals surface area contributed by atoms with Gasteiger partial charge in [-0.05, 0) is 40.0 Å². The molecule has 2 aliphatic rings. The maximum atomic E-state index is 12.9. The van der Waals surface area contributed by atoms with Gasteiger partial charge in [0.25, 0.3) is 0 Å². The predicted molar refractivity (Wildman–Crippen MR) is 101 cm³/mol. The van der Waals surface area contributed by atoms with Gasteiger partial charge in [0.05, 0.1) is 23.0 Å². The number of halogens is 1. The first-order valence-corrected chi connectivity index (χ1v) is 10.0. The Bertz CT molecular complexity index is 739. The Morgan fingerprint density at radius 2 is 2.04 bits per heavy atom. The molecule has 132 valence electrons. The number of nitrogens with one attached hydrogen (secondary N) is 2. The lowest BCUT2D eigenvalue weighted by Crippen LogP contribution is -2.50. The fourth-order valence-corrected chi connectivity index (χ4v) is 4.85. The number of hydrogen-bond donors (Lipinski definition) is 2. The summed E-state index contributed by atoms with van der Waals surface area (Å²) < 4.78 is 6.98. The van der Waals surface area contributed by atoms with Gasteiger partial charge in [0.2, 0.25) is 5.91 Å². The summed E-state index contributed by atoms with van der Waals surface area (Å²) in [5.41, 5.74) is 7.56. The molecule has 1 aromatic carbocycles. The molecule has 1 aromatic heterocycles. The number of ether oxygens (including phenoxy) is 1. The Labute approximate surface area is 159 Å². The van der Waals surface area contributed by atoms with E-state index in [1.807, 2.05) is 29.2 Å². The largest absolute Gasteiger partial charge is 0.370 e. The molecule has 2 fully saturated rings. The highest BCUT2D eigenvalue weighted by Crippen LogP contribution is 2.32. The number of carbonyl (C=O) groups is 1.